The maximum atomic E-state index is 13.8. The Kier molecular flexibility index (Phi) is 8.30. The fourth-order valence-electron chi connectivity index (χ4n) is 5.52. The van der Waals surface area contributed by atoms with E-state index in [1.807, 2.05) is 18.2 Å². The van der Waals surface area contributed by atoms with Crippen LogP contribution in [0.2, 0.25) is 0 Å². The van der Waals surface area contributed by atoms with Gasteiger partial charge in [-0.2, -0.15) is 13.2 Å². The highest BCUT2D eigenvalue weighted by molar-refractivity contribution is 6.19. The molecule has 0 fully saturated rings. The molecule has 9 nitrogen and oxygen atoms in total. The Morgan fingerprint density at radius 1 is 1.02 bits per heavy atom. The number of alkyl halides is 3. The van der Waals surface area contributed by atoms with Crippen molar-refractivity contribution in [3.05, 3.63) is 70.8 Å². The molecule has 0 spiro atoms. The lowest BCUT2D eigenvalue weighted by atomic mass is 9.76. The van der Waals surface area contributed by atoms with Gasteiger partial charge >= 0.3 is 6.18 Å². The molecule has 1 aliphatic rings. The van der Waals surface area contributed by atoms with Crippen molar-refractivity contribution in [3.63, 3.8) is 0 Å². The van der Waals surface area contributed by atoms with E-state index in [-0.39, 0.29) is 40.6 Å². The number of methoxy groups -OCH3 is 2. The lowest BCUT2D eigenvalue weighted by molar-refractivity contribution is -0.137. The van der Waals surface area contributed by atoms with Gasteiger partial charge in [0.05, 0.1) is 42.0 Å². The van der Waals surface area contributed by atoms with E-state index >= 15 is 0 Å². The Hall–Kier alpha value is -4.58. The number of imide groups is 1. The number of hydrogen-bond acceptors (Lipinski definition) is 7. The summed E-state index contributed by atoms with van der Waals surface area (Å²) in [6, 6.07) is 12.1. The molecule has 0 aliphatic carbocycles. The highest BCUT2D eigenvalue weighted by Gasteiger charge is 2.46. The molecule has 0 saturated heterocycles. The molecule has 5 rings (SSSR count). The van der Waals surface area contributed by atoms with Crippen LogP contribution in [0.25, 0.3) is 22.4 Å². The van der Waals surface area contributed by atoms with E-state index < -0.39 is 23.1 Å². The molecule has 2 heterocycles. The van der Waals surface area contributed by atoms with Gasteiger partial charge in [-0.1, -0.05) is 18.2 Å². The van der Waals surface area contributed by atoms with Crippen molar-refractivity contribution in [2.45, 2.75) is 38.3 Å². The summed E-state index contributed by atoms with van der Waals surface area (Å²) >= 11 is 0. The number of H-pyrrole nitrogens is 1. The van der Waals surface area contributed by atoms with E-state index in [4.69, 9.17) is 15.2 Å². The van der Waals surface area contributed by atoms with E-state index in [0.717, 1.165) is 24.1 Å². The number of nitrogens with one attached hydrogen (secondary N) is 2. The summed E-state index contributed by atoms with van der Waals surface area (Å²) < 4.78 is 50.7. The minimum atomic E-state index is -4.53. The van der Waals surface area contributed by atoms with Crippen molar-refractivity contribution in [2.75, 3.05) is 39.6 Å². The van der Waals surface area contributed by atoms with Crippen LogP contribution in [0.5, 0.6) is 11.5 Å². The fraction of sp³-hybridized carbons (Fsp3) is 0.344. The molecule has 4 aromatic rings. The molecular formula is C32H34F3N5O4. The first-order valence-electron chi connectivity index (χ1n) is 14.1. The molecule has 1 aliphatic heterocycles. The third-order valence-corrected chi connectivity index (χ3v) is 7.95. The van der Waals surface area contributed by atoms with Crippen LogP contribution in [0.4, 0.5) is 18.9 Å². The van der Waals surface area contributed by atoms with Crippen LogP contribution in [-0.4, -0.2) is 60.5 Å². The Balaban J connectivity index is 1.33. The van der Waals surface area contributed by atoms with E-state index in [0.29, 0.717) is 42.1 Å². The highest BCUT2D eigenvalue weighted by Crippen LogP contribution is 2.41. The maximum absolute atomic E-state index is 13.8. The molecule has 2 amide bonds. The summed E-state index contributed by atoms with van der Waals surface area (Å²) in [6.45, 7) is 4.87. The normalized spacial score (nSPS) is 14.7. The van der Waals surface area contributed by atoms with Gasteiger partial charge in [0, 0.05) is 12.1 Å². The van der Waals surface area contributed by atoms with Gasteiger partial charge in [-0.25, -0.2) is 4.98 Å². The Labute approximate surface area is 252 Å². The van der Waals surface area contributed by atoms with Gasteiger partial charge in [0.1, 0.15) is 11.3 Å². The smallest absolute Gasteiger partial charge is 0.416 e. The van der Waals surface area contributed by atoms with Crippen LogP contribution in [-0.2, 0) is 22.8 Å². The number of nitrogens with zero attached hydrogens (tertiary/aromatic N) is 2. The fourth-order valence-corrected chi connectivity index (χ4v) is 5.52. The topological polar surface area (TPSA) is 123 Å². The number of carbonyl (C=O) groups is 2. The summed E-state index contributed by atoms with van der Waals surface area (Å²) in [7, 11) is 3.17. The molecule has 1 aromatic heterocycles. The number of ether oxygens (including phenoxy) is 2. The molecule has 232 valence electrons. The number of hydrogen-bond donors (Lipinski definition) is 3. The highest BCUT2D eigenvalue weighted by atomic mass is 19.4. The van der Waals surface area contributed by atoms with E-state index in [1.54, 1.807) is 34.1 Å². The van der Waals surface area contributed by atoms with Crippen molar-refractivity contribution in [1.29, 1.82) is 0 Å². The monoisotopic (exact) mass is 609 g/mol. The first kappa shape index (κ1) is 30.9. The van der Waals surface area contributed by atoms with Crippen LogP contribution >= 0.6 is 0 Å². The summed E-state index contributed by atoms with van der Waals surface area (Å²) in [6.07, 6.45) is -3.27. The average Bonchev–Trinajstić information content (AvgIpc) is 3.45. The molecular weight excluding hydrogens is 575 g/mol. The SMILES string of the molecule is COc1ccc(CCNCCCN2C(=O)c3c(cc(N)c4[nH]c(-c5cccc(C(F)(F)F)c5)nc34)C(C)(C)C2=O)cc1OC. The summed E-state index contributed by atoms with van der Waals surface area (Å²) in [4.78, 5) is 36.1. The van der Waals surface area contributed by atoms with Gasteiger partial charge in [-0.3, -0.25) is 14.5 Å². The number of benzene rings is 3. The molecule has 0 radical (unpaired) electrons. The minimum absolute atomic E-state index is 0.138. The predicted octanol–water partition coefficient (Wildman–Crippen LogP) is 5.33. The van der Waals surface area contributed by atoms with Gasteiger partial charge in [-0.15, -0.1) is 0 Å². The van der Waals surface area contributed by atoms with Crippen LogP contribution in [0.15, 0.2) is 48.5 Å². The number of nitrogens with two attached hydrogens (primary N) is 1. The van der Waals surface area contributed by atoms with Crippen molar-refractivity contribution < 1.29 is 32.2 Å². The lowest BCUT2D eigenvalue weighted by Crippen LogP contribution is -2.52. The van der Waals surface area contributed by atoms with Gasteiger partial charge < -0.3 is 25.5 Å². The summed E-state index contributed by atoms with van der Waals surface area (Å²) in [5.74, 6) is 0.587. The van der Waals surface area contributed by atoms with Gasteiger partial charge in [0.2, 0.25) is 5.91 Å². The second-order valence-corrected chi connectivity index (χ2v) is 11.2. The largest absolute Gasteiger partial charge is 0.493 e. The third kappa shape index (κ3) is 5.69. The van der Waals surface area contributed by atoms with Crippen molar-refractivity contribution in [3.8, 4) is 22.9 Å². The molecule has 44 heavy (non-hydrogen) atoms. The third-order valence-electron chi connectivity index (χ3n) is 7.95. The number of nitrogen functional groups attached to an aromatic ring is 1. The first-order valence-corrected chi connectivity index (χ1v) is 14.1. The number of halogens is 3. The number of aromatic nitrogens is 2. The van der Waals surface area contributed by atoms with Gasteiger partial charge in [0.15, 0.2) is 11.5 Å². The summed E-state index contributed by atoms with van der Waals surface area (Å²) in [5, 5.41) is 3.35. The van der Waals surface area contributed by atoms with E-state index in [2.05, 4.69) is 15.3 Å². The number of amides is 2. The number of aromatic amines is 1. The molecule has 0 unspecified atom stereocenters. The first-order chi connectivity index (χ1) is 20.9. The molecule has 0 atom stereocenters. The van der Waals surface area contributed by atoms with Crippen molar-refractivity contribution >= 4 is 28.5 Å². The standard InChI is InChI=1S/C32H34F3N5O4/c1-31(2)21-17-22(36)26-27(39-28(38-26)19-7-5-8-20(16-19)32(33,34)35)25(21)29(41)40(30(31)42)14-6-12-37-13-11-18-9-10-23(43-3)24(15-18)44-4/h5,7-10,15-17,37H,6,11-14,36H2,1-4H3,(H,38,39). The van der Waals surface area contributed by atoms with Crippen LogP contribution in [0, 0.1) is 0 Å². The lowest BCUT2D eigenvalue weighted by Gasteiger charge is -2.37. The molecule has 3 aromatic carbocycles. The average molecular weight is 610 g/mol. The second kappa shape index (κ2) is 11.8. The van der Waals surface area contributed by atoms with Crippen LogP contribution in [0.1, 0.15) is 47.3 Å². The summed E-state index contributed by atoms with van der Waals surface area (Å²) in [5.41, 5.74) is 7.10. The number of fused-ring (bicyclic) bond motifs is 3. The van der Waals surface area contributed by atoms with Crippen LogP contribution in [0.3, 0.4) is 0 Å². The van der Waals surface area contributed by atoms with Crippen molar-refractivity contribution in [2.24, 2.45) is 0 Å². The molecule has 4 N–H and O–H groups in total. The maximum Gasteiger partial charge on any atom is 0.416 e. The second-order valence-electron chi connectivity index (χ2n) is 11.2. The zero-order valence-electron chi connectivity index (χ0n) is 24.9. The number of carbonyl (C=O) groups excluding carboxylic acids is 2. The van der Waals surface area contributed by atoms with Gasteiger partial charge in [-0.05, 0) is 81.2 Å². The molecule has 12 heteroatoms. The number of imidazole rings is 1. The number of rotatable bonds is 10. The quantitative estimate of drug-likeness (QED) is 0.126. The zero-order chi connectivity index (χ0) is 31.8. The molecule has 0 saturated carbocycles. The predicted molar refractivity (Wildman–Crippen MR) is 161 cm³/mol. The minimum Gasteiger partial charge on any atom is -0.493 e. The van der Waals surface area contributed by atoms with Crippen LogP contribution < -0.4 is 20.5 Å². The van der Waals surface area contributed by atoms with E-state index in [9.17, 15) is 22.8 Å². The van der Waals surface area contributed by atoms with Gasteiger partial charge in [0.25, 0.3) is 5.91 Å². The Bertz CT molecular complexity index is 1730. The Morgan fingerprint density at radius 2 is 1.77 bits per heavy atom. The van der Waals surface area contributed by atoms with Crippen molar-refractivity contribution in [1.82, 2.24) is 20.2 Å². The number of anilines is 1. The molecule has 0 bridgehead atoms. The Morgan fingerprint density at radius 3 is 2.48 bits per heavy atom. The van der Waals surface area contributed by atoms with E-state index in [1.165, 1.54) is 17.0 Å². The zero-order valence-corrected chi connectivity index (χ0v) is 24.9.